The van der Waals surface area contributed by atoms with Crippen LogP contribution in [-0.2, 0) is 40.9 Å². The number of hydrogen-bond donors (Lipinski definition) is 2. The van der Waals surface area contributed by atoms with Gasteiger partial charge < -0.3 is 11.1 Å². The number of nitrogens with two attached hydrogens (primary N) is 1. The molecule has 2 aliphatic heterocycles. The molecule has 0 amide bonds. The van der Waals surface area contributed by atoms with Crippen molar-refractivity contribution in [2.24, 2.45) is 12.8 Å². The predicted octanol–water partition coefficient (Wildman–Crippen LogP) is 4.20. The molecule has 3 heterocycles. The van der Waals surface area contributed by atoms with Gasteiger partial charge in [0.1, 0.15) is 5.82 Å². The minimum Gasteiger partial charge on any atom is -0.321 e. The van der Waals surface area contributed by atoms with Crippen molar-refractivity contribution in [2.45, 2.75) is 62.3 Å². The lowest BCUT2D eigenvalue weighted by atomic mass is 9.84. The van der Waals surface area contributed by atoms with Crippen LogP contribution >= 0.6 is 11.6 Å². The Balaban J connectivity index is 1.39. The molecule has 3 aromatic rings. The highest BCUT2D eigenvalue weighted by Gasteiger charge is 2.39. The average molecular weight is 656 g/mol. The Labute approximate surface area is 258 Å². The number of rotatable bonds is 9. The number of halogens is 5. The van der Waals surface area contributed by atoms with Gasteiger partial charge in [-0.25, -0.2) is 12.8 Å². The van der Waals surface area contributed by atoms with Crippen LogP contribution in [0.15, 0.2) is 48.5 Å². The van der Waals surface area contributed by atoms with E-state index in [1.165, 1.54) is 23.5 Å². The lowest BCUT2D eigenvalue weighted by Gasteiger charge is -2.37. The number of ketones is 1. The van der Waals surface area contributed by atoms with Crippen LogP contribution in [0.2, 0.25) is 5.02 Å². The zero-order valence-electron chi connectivity index (χ0n) is 24.0. The Kier molecular flexibility index (Phi) is 9.53. The van der Waals surface area contributed by atoms with E-state index in [-0.39, 0.29) is 41.9 Å². The molecule has 0 radical (unpaired) electrons. The second-order valence-corrected chi connectivity index (χ2v) is 14.0. The summed E-state index contributed by atoms with van der Waals surface area (Å²) in [4.78, 5) is 13.7. The highest BCUT2D eigenvalue weighted by Crippen LogP contribution is 2.35. The number of hydrogen-bond acceptors (Lipinski definition) is 6. The summed E-state index contributed by atoms with van der Waals surface area (Å²) in [5.74, 6) is -1.96. The van der Waals surface area contributed by atoms with E-state index in [0.29, 0.717) is 42.1 Å². The van der Waals surface area contributed by atoms with Gasteiger partial charge in [-0.15, -0.1) is 0 Å². The van der Waals surface area contributed by atoms with Crippen molar-refractivity contribution in [3.05, 3.63) is 87.4 Å². The van der Waals surface area contributed by atoms with E-state index in [1.807, 2.05) is 0 Å². The van der Waals surface area contributed by atoms with Crippen LogP contribution in [0.3, 0.4) is 0 Å². The van der Waals surface area contributed by atoms with Gasteiger partial charge in [0, 0.05) is 55.3 Å². The van der Waals surface area contributed by atoms with Crippen LogP contribution in [-0.4, -0.2) is 65.3 Å². The van der Waals surface area contributed by atoms with Crippen LogP contribution in [0, 0.1) is 5.82 Å². The molecule has 0 saturated carbocycles. The van der Waals surface area contributed by atoms with Gasteiger partial charge >= 0.3 is 6.18 Å². The first-order chi connectivity index (χ1) is 20.7. The Morgan fingerprint density at radius 2 is 1.93 bits per heavy atom. The van der Waals surface area contributed by atoms with Gasteiger partial charge in [0.25, 0.3) is 0 Å². The standard InChI is InChI=1S/C30H34ClF4N5O3S/c1-39-25(15-27(38-39)30(33,34)35)28(18-7-9-20(31)10-8-18)29(36)26(41)14-19-4-2-6-24(32)23(19)12-11-22-16-37-21-5-3-13-44(42,43)40(22)17-21/h2,4,6-10,15,21-22,28-29,37H,3,5,11-14,16-17,36H2,1H3/t21-,22+,28+,29-/m1/s1. The molecule has 8 nitrogen and oxygen atoms in total. The molecule has 14 heteroatoms. The van der Waals surface area contributed by atoms with Gasteiger partial charge in [-0.05, 0) is 66.6 Å². The van der Waals surface area contributed by atoms with Gasteiger partial charge in [-0.3, -0.25) is 9.48 Å². The maximum atomic E-state index is 15.2. The minimum absolute atomic E-state index is 0.0783. The molecule has 3 N–H and O–H groups in total. The Bertz CT molecular complexity index is 1610. The maximum Gasteiger partial charge on any atom is 0.435 e. The molecule has 0 aliphatic carbocycles. The smallest absolute Gasteiger partial charge is 0.321 e. The third-order valence-electron chi connectivity index (χ3n) is 8.56. The summed E-state index contributed by atoms with van der Waals surface area (Å²) >= 11 is 6.04. The van der Waals surface area contributed by atoms with E-state index in [2.05, 4.69) is 10.4 Å². The van der Waals surface area contributed by atoms with Crippen molar-refractivity contribution in [1.29, 1.82) is 0 Å². The molecule has 2 bridgehead atoms. The fourth-order valence-corrected chi connectivity index (χ4v) is 8.17. The first-order valence-corrected chi connectivity index (χ1v) is 16.4. The van der Waals surface area contributed by atoms with E-state index in [9.17, 15) is 26.4 Å². The van der Waals surface area contributed by atoms with E-state index >= 15 is 4.39 Å². The van der Waals surface area contributed by atoms with Gasteiger partial charge in [0.2, 0.25) is 10.0 Å². The number of piperazine rings is 1. The predicted molar refractivity (Wildman–Crippen MR) is 158 cm³/mol. The molecule has 2 fully saturated rings. The first kappa shape index (κ1) is 32.6. The summed E-state index contributed by atoms with van der Waals surface area (Å²) in [6.07, 6.45) is -3.09. The van der Waals surface area contributed by atoms with Crippen molar-refractivity contribution in [3.63, 3.8) is 0 Å². The molecule has 2 aromatic carbocycles. The SMILES string of the molecule is Cn1nc(C(F)(F)F)cc1[C@H](c1ccc(Cl)cc1)[C@H](N)C(=O)Cc1cccc(F)c1CC[C@H]1CN[C@@H]2CCCS(=O)(=O)N1C2. The summed E-state index contributed by atoms with van der Waals surface area (Å²) in [6, 6.07) is 9.97. The lowest BCUT2D eigenvalue weighted by molar-refractivity contribution is -0.141. The fraction of sp³-hybridized carbons (Fsp3) is 0.467. The quantitative estimate of drug-likeness (QED) is 0.335. The average Bonchev–Trinajstić information content (AvgIpc) is 3.30. The third-order valence-corrected chi connectivity index (χ3v) is 10.8. The highest BCUT2D eigenvalue weighted by atomic mass is 35.5. The number of aryl methyl sites for hydroxylation is 1. The molecular weight excluding hydrogens is 622 g/mol. The van der Waals surface area contributed by atoms with E-state index in [4.69, 9.17) is 17.3 Å². The normalized spacial score (nSPS) is 23.1. The van der Waals surface area contributed by atoms with E-state index in [1.54, 1.807) is 30.3 Å². The zero-order valence-corrected chi connectivity index (χ0v) is 25.6. The topological polar surface area (TPSA) is 110 Å². The second-order valence-electron chi connectivity index (χ2n) is 11.5. The van der Waals surface area contributed by atoms with Crippen LogP contribution in [0.25, 0.3) is 0 Å². The number of alkyl halides is 3. The number of sulfonamides is 1. The molecule has 2 aliphatic rings. The van der Waals surface area contributed by atoms with Crippen LogP contribution in [0.4, 0.5) is 17.6 Å². The number of Topliss-reactive ketones (excluding diaryl/α,β-unsaturated/α-hetero) is 1. The van der Waals surface area contributed by atoms with Crippen LogP contribution in [0.5, 0.6) is 0 Å². The number of benzene rings is 2. The monoisotopic (exact) mass is 655 g/mol. The number of carbonyl (C=O) groups is 1. The summed E-state index contributed by atoms with van der Waals surface area (Å²) < 4.78 is 84.0. The summed E-state index contributed by atoms with van der Waals surface area (Å²) in [6.45, 7) is 0.825. The van der Waals surface area contributed by atoms with Crippen molar-refractivity contribution in [1.82, 2.24) is 19.4 Å². The lowest BCUT2D eigenvalue weighted by Crippen LogP contribution is -2.57. The van der Waals surface area contributed by atoms with E-state index in [0.717, 1.165) is 17.2 Å². The highest BCUT2D eigenvalue weighted by molar-refractivity contribution is 7.89. The van der Waals surface area contributed by atoms with Crippen LogP contribution < -0.4 is 11.1 Å². The first-order valence-electron chi connectivity index (χ1n) is 14.4. The summed E-state index contributed by atoms with van der Waals surface area (Å²) in [5, 5.41) is 7.40. The Morgan fingerprint density at radius 1 is 1.20 bits per heavy atom. The third kappa shape index (κ3) is 7.02. The number of nitrogens with zero attached hydrogens (tertiary/aromatic N) is 3. The molecule has 5 atom stereocenters. The molecule has 0 spiro atoms. The largest absolute Gasteiger partial charge is 0.435 e. The van der Waals surface area contributed by atoms with Crippen molar-refractivity contribution < 1.29 is 30.8 Å². The van der Waals surface area contributed by atoms with Gasteiger partial charge in [0.05, 0.1) is 11.8 Å². The maximum absolute atomic E-state index is 15.2. The Morgan fingerprint density at radius 3 is 2.61 bits per heavy atom. The molecule has 1 aromatic heterocycles. The molecule has 238 valence electrons. The zero-order chi connectivity index (χ0) is 31.8. The molecular formula is C30H34ClF4N5O3S. The van der Waals surface area contributed by atoms with Crippen molar-refractivity contribution >= 4 is 27.4 Å². The van der Waals surface area contributed by atoms with E-state index < -0.39 is 45.5 Å². The molecule has 2 saturated heterocycles. The number of aromatic nitrogens is 2. The molecule has 5 rings (SSSR count). The minimum atomic E-state index is -4.70. The number of carbonyl (C=O) groups excluding carboxylic acids is 1. The second kappa shape index (κ2) is 12.9. The fourth-order valence-electron chi connectivity index (χ4n) is 6.24. The van der Waals surface area contributed by atoms with Gasteiger partial charge in [-0.1, -0.05) is 35.9 Å². The van der Waals surface area contributed by atoms with Crippen molar-refractivity contribution in [3.8, 4) is 0 Å². The van der Waals surface area contributed by atoms with Gasteiger partial charge in [-0.2, -0.15) is 22.6 Å². The van der Waals surface area contributed by atoms with Crippen molar-refractivity contribution in [2.75, 3.05) is 18.8 Å². The summed E-state index contributed by atoms with van der Waals surface area (Å²) in [5.41, 5.74) is 6.61. The van der Waals surface area contributed by atoms with Crippen LogP contribution in [0.1, 0.15) is 53.3 Å². The molecule has 1 unspecified atom stereocenters. The summed E-state index contributed by atoms with van der Waals surface area (Å²) in [7, 11) is -2.08. The number of fused-ring (bicyclic) bond motifs is 2. The molecule has 44 heavy (non-hydrogen) atoms. The van der Waals surface area contributed by atoms with Gasteiger partial charge in [0.15, 0.2) is 11.5 Å². The number of nitrogens with one attached hydrogen (secondary N) is 1. The Hall–Kier alpha value is -2.84.